The van der Waals surface area contributed by atoms with Gasteiger partial charge in [0, 0.05) is 17.2 Å². The van der Waals surface area contributed by atoms with E-state index in [9.17, 15) is 13.2 Å². The molecule has 0 aromatic heterocycles. The first kappa shape index (κ1) is 19.5. The molecule has 0 bridgehead atoms. The third-order valence-corrected chi connectivity index (χ3v) is 5.97. The average molecular weight is 406 g/mol. The van der Waals surface area contributed by atoms with E-state index in [1.807, 2.05) is 18.2 Å². The number of nitrogens with one attached hydrogen (secondary N) is 1. The van der Waals surface area contributed by atoms with Crippen LogP contribution in [0.2, 0.25) is 5.02 Å². The van der Waals surface area contributed by atoms with E-state index >= 15 is 0 Å². The first-order chi connectivity index (χ1) is 12.9. The molecule has 1 fully saturated rings. The number of carbonyl (C=O) groups excluding carboxylic acids is 1. The molecule has 27 heavy (non-hydrogen) atoms. The van der Waals surface area contributed by atoms with E-state index in [0.29, 0.717) is 0 Å². The van der Waals surface area contributed by atoms with Gasteiger partial charge in [-0.05, 0) is 43.0 Å². The summed E-state index contributed by atoms with van der Waals surface area (Å²) in [5, 5.41) is 9.43. The fourth-order valence-corrected chi connectivity index (χ4v) is 4.29. The number of sulfonamides is 1. The van der Waals surface area contributed by atoms with Gasteiger partial charge in [0.1, 0.15) is 4.90 Å². The van der Waals surface area contributed by atoms with Crippen LogP contribution in [0.5, 0.6) is 0 Å². The summed E-state index contributed by atoms with van der Waals surface area (Å²) in [6.45, 7) is 0. The van der Waals surface area contributed by atoms with Gasteiger partial charge in [-0.15, -0.1) is 0 Å². The highest BCUT2D eigenvalue weighted by Gasteiger charge is 2.23. The summed E-state index contributed by atoms with van der Waals surface area (Å²) >= 11 is 5.85. The predicted octanol–water partition coefficient (Wildman–Crippen LogP) is 3.43. The van der Waals surface area contributed by atoms with E-state index in [4.69, 9.17) is 16.7 Å². The number of primary sulfonamides is 1. The van der Waals surface area contributed by atoms with Gasteiger partial charge in [0.2, 0.25) is 10.0 Å². The number of hydrazone groups is 1. The van der Waals surface area contributed by atoms with Crippen molar-refractivity contribution in [3.8, 4) is 0 Å². The molecule has 1 amide bonds. The quantitative estimate of drug-likeness (QED) is 0.761. The summed E-state index contributed by atoms with van der Waals surface area (Å²) in [6, 6.07) is 14.0. The molecule has 1 saturated carbocycles. The minimum Gasteiger partial charge on any atom is -0.267 e. The molecule has 0 heterocycles. The van der Waals surface area contributed by atoms with E-state index < -0.39 is 15.9 Å². The van der Waals surface area contributed by atoms with Crippen molar-refractivity contribution in [2.24, 2.45) is 10.2 Å². The van der Waals surface area contributed by atoms with Crippen LogP contribution in [-0.2, 0) is 10.0 Å². The first-order valence-electron chi connectivity index (χ1n) is 8.60. The molecule has 0 unspecified atom stereocenters. The third-order valence-electron chi connectivity index (χ3n) is 4.58. The number of benzene rings is 2. The molecule has 0 radical (unpaired) electrons. The molecular weight excluding hydrogens is 386 g/mol. The average Bonchev–Trinajstić information content (AvgIpc) is 2.66. The van der Waals surface area contributed by atoms with Crippen LogP contribution in [0.3, 0.4) is 0 Å². The van der Waals surface area contributed by atoms with Crippen molar-refractivity contribution < 1.29 is 13.2 Å². The molecule has 142 valence electrons. The summed E-state index contributed by atoms with van der Waals surface area (Å²) in [4.78, 5) is 12.1. The molecule has 0 saturated heterocycles. The Labute approximate surface area is 163 Å². The van der Waals surface area contributed by atoms with Crippen LogP contribution in [0.15, 0.2) is 58.5 Å². The Morgan fingerprint density at radius 3 is 2.59 bits per heavy atom. The maximum absolute atomic E-state index is 12.4. The van der Waals surface area contributed by atoms with Crippen molar-refractivity contribution in [1.82, 2.24) is 5.43 Å². The van der Waals surface area contributed by atoms with Gasteiger partial charge in [-0.25, -0.2) is 19.0 Å². The number of nitrogens with zero attached hydrogens (tertiary/aromatic N) is 1. The smallest absolute Gasteiger partial charge is 0.267 e. The first-order valence-corrected chi connectivity index (χ1v) is 10.5. The zero-order chi connectivity index (χ0) is 19.4. The van der Waals surface area contributed by atoms with Crippen molar-refractivity contribution >= 4 is 33.2 Å². The van der Waals surface area contributed by atoms with Crippen LogP contribution in [0, 0.1) is 0 Å². The summed E-state index contributed by atoms with van der Waals surface area (Å²) < 4.78 is 23.1. The van der Waals surface area contributed by atoms with Crippen molar-refractivity contribution in [2.75, 3.05) is 0 Å². The van der Waals surface area contributed by atoms with Crippen LogP contribution >= 0.6 is 11.6 Å². The van der Waals surface area contributed by atoms with E-state index in [1.54, 1.807) is 0 Å². The normalized spacial score (nSPS) is 19.0. The predicted molar refractivity (Wildman–Crippen MR) is 105 cm³/mol. The fraction of sp³-hybridized carbons (Fsp3) is 0.263. The minimum atomic E-state index is -4.02. The summed E-state index contributed by atoms with van der Waals surface area (Å²) in [6.07, 6.45) is 3.92. The standard InChI is InChI=1S/C19H20ClN3O3S/c20-16-11-10-14(12-18(16)27(21,25)26)19(24)23-22-17-9-5-4-8-15(17)13-6-2-1-3-7-13/h1-3,6-7,10-12,15H,4-5,8-9H2,(H,23,24)(H2,21,25,26)/b22-17-/t15-/m0/s1. The number of halogens is 1. The number of hydrogen-bond acceptors (Lipinski definition) is 4. The van der Waals surface area contributed by atoms with Crippen molar-refractivity contribution in [3.05, 3.63) is 64.7 Å². The van der Waals surface area contributed by atoms with Gasteiger partial charge in [0.25, 0.3) is 5.91 Å². The Bertz CT molecular complexity index is 975. The Balaban J connectivity index is 1.81. The van der Waals surface area contributed by atoms with E-state index in [1.165, 1.54) is 17.7 Å². The van der Waals surface area contributed by atoms with Gasteiger partial charge in [0.15, 0.2) is 0 Å². The van der Waals surface area contributed by atoms with Crippen molar-refractivity contribution in [3.63, 3.8) is 0 Å². The number of carbonyl (C=O) groups is 1. The lowest BCUT2D eigenvalue weighted by molar-refractivity contribution is 0.0954. The zero-order valence-corrected chi connectivity index (χ0v) is 16.1. The molecule has 8 heteroatoms. The number of hydrogen-bond donors (Lipinski definition) is 2. The number of nitrogens with two attached hydrogens (primary N) is 1. The summed E-state index contributed by atoms with van der Waals surface area (Å²) in [5.74, 6) is -0.341. The van der Waals surface area contributed by atoms with Crippen molar-refractivity contribution in [1.29, 1.82) is 0 Å². The largest absolute Gasteiger partial charge is 0.271 e. The molecule has 1 aliphatic rings. The van der Waals surface area contributed by atoms with Gasteiger partial charge in [0.05, 0.1) is 5.02 Å². The lowest BCUT2D eigenvalue weighted by Crippen LogP contribution is -2.25. The minimum absolute atomic E-state index is 0.0308. The Kier molecular flexibility index (Phi) is 5.94. The van der Waals surface area contributed by atoms with Gasteiger partial charge in [-0.1, -0.05) is 48.4 Å². The Morgan fingerprint density at radius 1 is 1.15 bits per heavy atom. The van der Waals surface area contributed by atoms with Crippen LogP contribution in [0.1, 0.15) is 47.5 Å². The maximum Gasteiger partial charge on any atom is 0.271 e. The SMILES string of the molecule is NS(=O)(=O)c1cc(C(=O)N/N=C2/CCCC[C@H]2c2ccccc2)ccc1Cl. The van der Waals surface area contributed by atoms with Crippen LogP contribution < -0.4 is 10.6 Å². The lowest BCUT2D eigenvalue weighted by Gasteiger charge is -2.24. The second-order valence-corrected chi connectivity index (χ2v) is 8.38. The van der Waals surface area contributed by atoms with E-state index in [-0.39, 0.29) is 21.4 Å². The molecule has 2 aromatic carbocycles. The second kappa shape index (κ2) is 8.21. The molecular formula is C19H20ClN3O3S. The van der Waals surface area contributed by atoms with Gasteiger partial charge in [-0.3, -0.25) is 4.79 Å². The zero-order valence-electron chi connectivity index (χ0n) is 14.6. The Morgan fingerprint density at radius 2 is 1.89 bits per heavy atom. The van der Waals surface area contributed by atoms with Gasteiger partial charge in [-0.2, -0.15) is 5.10 Å². The molecule has 3 N–H and O–H groups in total. The maximum atomic E-state index is 12.4. The molecule has 1 atom stereocenters. The summed E-state index contributed by atoms with van der Waals surface area (Å²) in [7, 11) is -4.02. The highest BCUT2D eigenvalue weighted by Crippen LogP contribution is 2.30. The molecule has 3 rings (SSSR count). The summed E-state index contributed by atoms with van der Waals surface area (Å²) in [5.41, 5.74) is 4.75. The van der Waals surface area contributed by atoms with Crippen LogP contribution in [0.4, 0.5) is 0 Å². The fourth-order valence-electron chi connectivity index (χ4n) is 3.22. The third kappa shape index (κ3) is 4.74. The van der Waals surface area contributed by atoms with E-state index in [0.717, 1.165) is 37.5 Å². The number of amides is 1. The highest BCUT2D eigenvalue weighted by atomic mass is 35.5. The lowest BCUT2D eigenvalue weighted by atomic mass is 9.82. The molecule has 6 nitrogen and oxygen atoms in total. The molecule has 0 spiro atoms. The van der Waals surface area contributed by atoms with Gasteiger partial charge >= 0.3 is 0 Å². The molecule has 2 aromatic rings. The Hall–Kier alpha value is -2.22. The molecule has 0 aliphatic heterocycles. The second-order valence-electron chi connectivity index (χ2n) is 6.44. The highest BCUT2D eigenvalue weighted by molar-refractivity contribution is 7.89. The topological polar surface area (TPSA) is 102 Å². The van der Waals surface area contributed by atoms with E-state index in [2.05, 4.69) is 22.7 Å². The van der Waals surface area contributed by atoms with Gasteiger partial charge < -0.3 is 0 Å². The van der Waals surface area contributed by atoms with Crippen LogP contribution in [0.25, 0.3) is 0 Å². The van der Waals surface area contributed by atoms with Crippen LogP contribution in [-0.4, -0.2) is 20.0 Å². The monoisotopic (exact) mass is 405 g/mol. The molecule has 1 aliphatic carbocycles. The van der Waals surface area contributed by atoms with Crippen molar-refractivity contribution in [2.45, 2.75) is 36.5 Å². The number of rotatable bonds is 4.